The monoisotopic (exact) mass is 620 g/mol. The molecule has 0 bridgehead atoms. The number of ether oxygens (including phenoxy) is 2. The van der Waals surface area contributed by atoms with Gasteiger partial charge in [-0.1, -0.05) is 37.8 Å². The molecule has 3 fully saturated rings. The van der Waals surface area contributed by atoms with Gasteiger partial charge in [-0.25, -0.2) is 8.42 Å². The van der Waals surface area contributed by atoms with Gasteiger partial charge in [0.25, 0.3) is 0 Å². The summed E-state index contributed by atoms with van der Waals surface area (Å²) in [6.45, 7) is 6.02. The fourth-order valence-electron chi connectivity index (χ4n) is 5.63. The van der Waals surface area contributed by atoms with Crippen molar-refractivity contribution in [2.45, 2.75) is 81.0 Å². The van der Waals surface area contributed by atoms with Crippen LogP contribution in [0.1, 0.15) is 51.5 Å². The van der Waals surface area contributed by atoms with Gasteiger partial charge in [0, 0.05) is 25.8 Å². The first-order valence-corrected chi connectivity index (χ1v) is 16.9. The molecule has 4 rings (SSSR count). The van der Waals surface area contributed by atoms with Crippen molar-refractivity contribution in [3.05, 3.63) is 29.8 Å². The maximum Gasteiger partial charge on any atom is 0.243 e. The van der Waals surface area contributed by atoms with Gasteiger partial charge in [0.1, 0.15) is 17.7 Å². The average Bonchev–Trinajstić information content (AvgIpc) is 3.50. The van der Waals surface area contributed by atoms with Crippen LogP contribution in [-0.4, -0.2) is 106 Å². The number of sulfone groups is 1. The quantitative estimate of drug-likeness (QED) is 0.250. The Bertz CT molecular complexity index is 1270. The molecule has 0 radical (unpaired) electrons. The van der Waals surface area contributed by atoms with Gasteiger partial charge in [0.15, 0.2) is 15.6 Å². The van der Waals surface area contributed by atoms with Gasteiger partial charge in [0.05, 0.1) is 37.3 Å². The van der Waals surface area contributed by atoms with Crippen molar-refractivity contribution in [3.63, 3.8) is 0 Å². The van der Waals surface area contributed by atoms with E-state index in [1.54, 1.807) is 26.0 Å². The number of amides is 3. The number of nitrogens with one attached hydrogen (secondary N) is 3. The molecule has 1 aromatic carbocycles. The number of benzene rings is 1. The maximum absolute atomic E-state index is 13.7. The zero-order chi connectivity index (χ0) is 31.2. The summed E-state index contributed by atoms with van der Waals surface area (Å²) in [4.78, 5) is 54.9. The Kier molecular flexibility index (Phi) is 11.0. The summed E-state index contributed by atoms with van der Waals surface area (Å²) in [6, 6.07) is 3.32. The third-order valence-electron chi connectivity index (χ3n) is 8.44. The summed E-state index contributed by atoms with van der Waals surface area (Å²) >= 11 is 0. The highest BCUT2D eigenvalue weighted by molar-refractivity contribution is 7.90. The van der Waals surface area contributed by atoms with Crippen molar-refractivity contribution in [1.82, 2.24) is 20.9 Å². The smallest absolute Gasteiger partial charge is 0.243 e. The van der Waals surface area contributed by atoms with E-state index in [4.69, 9.17) is 9.47 Å². The van der Waals surface area contributed by atoms with Gasteiger partial charge in [0.2, 0.25) is 17.7 Å². The molecule has 12 nitrogen and oxygen atoms in total. The first-order valence-electron chi connectivity index (χ1n) is 15.0. The highest BCUT2D eigenvalue weighted by Crippen LogP contribution is 2.33. The summed E-state index contributed by atoms with van der Waals surface area (Å²) in [5.41, 5.74) is -0.302. The second-order valence-electron chi connectivity index (χ2n) is 12.2. The topological polar surface area (TPSA) is 164 Å². The lowest BCUT2D eigenvalue weighted by Gasteiger charge is -2.27. The predicted molar refractivity (Wildman–Crippen MR) is 158 cm³/mol. The van der Waals surface area contributed by atoms with E-state index < -0.39 is 45.4 Å². The van der Waals surface area contributed by atoms with E-state index in [0.717, 1.165) is 31.9 Å². The molecule has 3 N–H and O–H groups in total. The van der Waals surface area contributed by atoms with Crippen LogP contribution in [0.3, 0.4) is 0 Å². The maximum atomic E-state index is 13.7. The molecule has 0 aromatic heterocycles. The summed E-state index contributed by atoms with van der Waals surface area (Å²) in [5, 5.41) is 8.34. The van der Waals surface area contributed by atoms with E-state index in [0.29, 0.717) is 50.8 Å². The number of hydrogen-bond donors (Lipinski definition) is 3. The number of carbonyl (C=O) groups is 4. The van der Waals surface area contributed by atoms with Crippen LogP contribution in [0, 0.1) is 5.92 Å². The third-order valence-corrected chi connectivity index (χ3v) is 9.57. The van der Waals surface area contributed by atoms with Gasteiger partial charge in [-0.2, -0.15) is 0 Å². The number of morpholine rings is 1. The first kappa shape index (κ1) is 33.0. The molecule has 13 heteroatoms. The van der Waals surface area contributed by atoms with Crippen LogP contribution in [0.4, 0.5) is 0 Å². The van der Waals surface area contributed by atoms with Crippen molar-refractivity contribution < 1.29 is 37.1 Å². The molecule has 4 atom stereocenters. The molecule has 0 unspecified atom stereocenters. The van der Waals surface area contributed by atoms with Crippen LogP contribution in [-0.2, 0) is 44.9 Å². The summed E-state index contributed by atoms with van der Waals surface area (Å²) < 4.78 is 34.5. The summed E-state index contributed by atoms with van der Waals surface area (Å²) in [5.74, 6) is -1.27. The van der Waals surface area contributed by atoms with Crippen LogP contribution in [0.2, 0.25) is 0 Å². The fraction of sp³-hybridized carbons (Fsp3) is 0.667. The molecule has 3 amide bonds. The number of Topliss-reactive ketones (excluding diaryl/α,β-unsaturated/α-hetero) is 1. The SMILES string of the molecule is C[C@H](NC(=O)CN1CCOCC1)C(=O)N[C@@H](Cc1ccc(S(C)(=O)=O)cc1)C(=O)N[C@@H](CC1CCCC1)C(=O)[C@]1(C)CO1. The Morgan fingerprint density at radius 3 is 2.16 bits per heavy atom. The fourth-order valence-corrected chi connectivity index (χ4v) is 6.26. The van der Waals surface area contributed by atoms with Crippen LogP contribution in [0.25, 0.3) is 0 Å². The van der Waals surface area contributed by atoms with Gasteiger partial charge in [-0.05, 0) is 43.9 Å². The Morgan fingerprint density at radius 2 is 1.58 bits per heavy atom. The zero-order valence-corrected chi connectivity index (χ0v) is 26.0. The van der Waals surface area contributed by atoms with Crippen molar-refractivity contribution >= 4 is 33.3 Å². The Morgan fingerprint density at radius 1 is 0.977 bits per heavy atom. The van der Waals surface area contributed by atoms with Crippen molar-refractivity contribution in [2.75, 3.05) is 45.7 Å². The average molecular weight is 621 g/mol. The molecule has 43 heavy (non-hydrogen) atoms. The van der Waals surface area contributed by atoms with Crippen molar-refractivity contribution in [3.8, 4) is 0 Å². The lowest BCUT2D eigenvalue weighted by molar-refractivity contribution is -0.134. The van der Waals surface area contributed by atoms with Gasteiger partial charge in [-0.3, -0.25) is 24.1 Å². The molecule has 0 spiro atoms. The first-order chi connectivity index (χ1) is 20.3. The normalized spacial score (nSPS) is 23.1. The number of carbonyl (C=O) groups excluding carboxylic acids is 4. The van der Waals surface area contributed by atoms with E-state index in [9.17, 15) is 27.6 Å². The minimum Gasteiger partial charge on any atom is -0.379 e. The van der Waals surface area contributed by atoms with Gasteiger partial charge < -0.3 is 25.4 Å². The number of ketones is 1. The largest absolute Gasteiger partial charge is 0.379 e. The highest BCUT2D eigenvalue weighted by atomic mass is 32.2. The number of nitrogens with zero attached hydrogens (tertiary/aromatic N) is 1. The number of hydrogen-bond acceptors (Lipinski definition) is 9. The lowest BCUT2D eigenvalue weighted by Crippen LogP contribution is -2.57. The van der Waals surface area contributed by atoms with Crippen LogP contribution >= 0.6 is 0 Å². The van der Waals surface area contributed by atoms with Crippen molar-refractivity contribution in [2.24, 2.45) is 5.92 Å². The standard InChI is InChI=1S/C30H44N4O8S/c1-20(31-26(35)18-34-12-14-41-15-13-34)28(37)33-25(17-22-8-10-23(11-9-22)43(3,39)40)29(38)32-24(16-21-6-4-5-7-21)27(36)30(2)19-42-30/h8-11,20-21,24-25H,4-7,12-19H2,1-3H3,(H,31,35)(H,32,38)(H,33,37)/t20-,24-,25-,30-/m0/s1. The van der Waals surface area contributed by atoms with E-state index in [1.807, 2.05) is 4.90 Å². The second kappa shape index (κ2) is 14.3. The van der Waals surface area contributed by atoms with Gasteiger partial charge in [-0.15, -0.1) is 0 Å². The Balaban J connectivity index is 1.46. The summed E-state index contributed by atoms with van der Waals surface area (Å²) in [7, 11) is -3.41. The van der Waals surface area contributed by atoms with Crippen LogP contribution in [0.5, 0.6) is 0 Å². The van der Waals surface area contributed by atoms with Gasteiger partial charge >= 0.3 is 0 Å². The van der Waals surface area contributed by atoms with Crippen LogP contribution < -0.4 is 16.0 Å². The van der Waals surface area contributed by atoms with E-state index in [2.05, 4.69) is 16.0 Å². The molecule has 1 saturated carbocycles. The predicted octanol–water partition coefficient (Wildman–Crippen LogP) is 0.377. The van der Waals surface area contributed by atoms with E-state index >= 15 is 0 Å². The second-order valence-corrected chi connectivity index (χ2v) is 14.2. The molecular weight excluding hydrogens is 576 g/mol. The molecule has 3 aliphatic rings. The molecule has 2 saturated heterocycles. The van der Waals surface area contributed by atoms with E-state index in [-0.39, 0.29) is 29.6 Å². The lowest BCUT2D eigenvalue weighted by atomic mass is 9.90. The number of epoxide rings is 1. The molecule has 1 aliphatic carbocycles. The third kappa shape index (κ3) is 9.56. The minimum atomic E-state index is -3.41. The Labute approximate surface area is 253 Å². The van der Waals surface area contributed by atoms with Crippen molar-refractivity contribution in [1.29, 1.82) is 0 Å². The zero-order valence-electron chi connectivity index (χ0n) is 25.2. The Hall–Kier alpha value is -2.87. The number of rotatable bonds is 14. The minimum absolute atomic E-state index is 0.0498. The molecule has 2 aliphatic heterocycles. The molecule has 2 heterocycles. The molecule has 238 valence electrons. The summed E-state index contributed by atoms with van der Waals surface area (Å²) in [6.07, 6.45) is 5.82. The highest BCUT2D eigenvalue weighted by Gasteiger charge is 2.50. The molecular formula is C30H44N4O8S. The van der Waals surface area contributed by atoms with Crippen LogP contribution in [0.15, 0.2) is 29.2 Å². The van der Waals surface area contributed by atoms with E-state index in [1.165, 1.54) is 12.1 Å². The molecule has 1 aromatic rings.